The van der Waals surface area contributed by atoms with Crippen LogP contribution in [0.4, 0.5) is 0 Å². The number of fused-ring (bicyclic) bond motifs is 1. The smallest absolute Gasteiger partial charge is 0.308 e. The normalized spacial score (nSPS) is 10.5. The van der Waals surface area contributed by atoms with Crippen molar-refractivity contribution in [1.29, 1.82) is 0 Å². The van der Waals surface area contributed by atoms with Crippen molar-refractivity contribution in [3.05, 3.63) is 40.6 Å². The van der Waals surface area contributed by atoms with Crippen LogP contribution in [0.2, 0.25) is 0 Å². The van der Waals surface area contributed by atoms with Gasteiger partial charge in [0.1, 0.15) is 22.5 Å². The van der Waals surface area contributed by atoms with Gasteiger partial charge in [0.25, 0.3) is 0 Å². The first kappa shape index (κ1) is 24.0. The number of carbonyl (C=O) groups is 4. The van der Waals surface area contributed by atoms with Crippen LogP contribution >= 0.6 is 0 Å². The fourth-order valence-corrected chi connectivity index (χ4v) is 3.02. The second-order valence-electron chi connectivity index (χ2n) is 6.94. The van der Waals surface area contributed by atoms with Crippen molar-refractivity contribution >= 4 is 34.8 Å². The van der Waals surface area contributed by atoms with Crippen LogP contribution in [0, 0.1) is 0 Å². The third kappa shape index (κ3) is 5.21. The van der Waals surface area contributed by atoms with Gasteiger partial charge >= 0.3 is 23.9 Å². The summed E-state index contributed by atoms with van der Waals surface area (Å²) in [5, 5.41) is 9.70. The second kappa shape index (κ2) is 9.45. The number of hydrogen-bond donors (Lipinski definition) is 1. The molecule has 0 aliphatic rings. The van der Waals surface area contributed by atoms with Gasteiger partial charge in [-0.3, -0.25) is 24.0 Å². The van der Waals surface area contributed by atoms with E-state index in [2.05, 4.69) is 0 Å². The van der Waals surface area contributed by atoms with Gasteiger partial charge in [-0.2, -0.15) is 0 Å². The Morgan fingerprint density at radius 1 is 0.765 bits per heavy atom. The van der Waals surface area contributed by atoms with E-state index in [0.717, 1.165) is 33.8 Å². The lowest BCUT2D eigenvalue weighted by atomic mass is 10.1. The van der Waals surface area contributed by atoms with E-state index < -0.39 is 35.1 Å². The molecule has 3 rings (SSSR count). The maximum Gasteiger partial charge on any atom is 0.308 e. The van der Waals surface area contributed by atoms with Crippen LogP contribution in [0.5, 0.6) is 28.7 Å². The van der Waals surface area contributed by atoms with Crippen molar-refractivity contribution in [2.75, 3.05) is 0 Å². The van der Waals surface area contributed by atoms with Crippen molar-refractivity contribution in [1.82, 2.24) is 0 Å². The van der Waals surface area contributed by atoms with E-state index in [-0.39, 0.29) is 45.3 Å². The van der Waals surface area contributed by atoms with Gasteiger partial charge in [-0.25, -0.2) is 0 Å². The summed E-state index contributed by atoms with van der Waals surface area (Å²) in [6.07, 6.45) is 0. The first-order valence-electron chi connectivity index (χ1n) is 9.68. The molecule has 0 aliphatic carbocycles. The van der Waals surface area contributed by atoms with Crippen molar-refractivity contribution in [3.63, 3.8) is 0 Å². The number of benzene rings is 2. The number of ether oxygens (including phenoxy) is 4. The van der Waals surface area contributed by atoms with E-state index in [0.29, 0.717) is 0 Å². The summed E-state index contributed by atoms with van der Waals surface area (Å²) in [4.78, 5) is 59.5. The van der Waals surface area contributed by atoms with Crippen molar-refractivity contribution in [2.24, 2.45) is 0 Å². The lowest BCUT2D eigenvalue weighted by Crippen LogP contribution is -2.15. The molecule has 0 saturated carbocycles. The molecule has 3 aromatic rings. The molecule has 1 heterocycles. The van der Waals surface area contributed by atoms with Crippen LogP contribution < -0.4 is 24.4 Å². The number of rotatable bonds is 5. The maximum absolute atomic E-state index is 13.4. The molecule has 1 N–H and O–H groups in total. The molecule has 0 aliphatic heterocycles. The number of esters is 4. The van der Waals surface area contributed by atoms with Crippen LogP contribution in [-0.4, -0.2) is 29.0 Å². The molecule has 176 valence electrons. The topological polar surface area (TPSA) is 156 Å². The zero-order chi connectivity index (χ0) is 25.2. The summed E-state index contributed by atoms with van der Waals surface area (Å²) in [5.74, 6) is -4.83. The molecule has 2 aromatic carbocycles. The molecule has 0 spiro atoms. The van der Waals surface area contributed by atoms with Crippen LogP contribution in [0.3, 0.4) is 0 Å². The fourth-order valence-electron chi connectivity index (χ4n) is 3.02. The van der Waals surface area contributed by atoms with E-state index in [1.54, 1.807) is 0 Å². The average molecular weight is 470 g/mol. The number of aromatic hydroxyl groups is 1. The monoisotopic (exact) mass is 470 g/mol. The molecular formula is C23H18O11. The Hall–Kier alpha value is -4.67. The molecule has 0 atom stereocenters. The Balaban J connectivity index is 2.38. The van der Waals surface area contributed by atoms with Gasteiger partial charge in [-0.1, -0.05) is 0 Å². The van der Waals surface area contributed by atoms with E-state index >= 15 is 0 Å². The first-order valence-corrected chi connectivity index (χ1v) is 9.68. The Labute approximate surface area is 191 Å². The van der Waals surface area contributed by atoms with E-state index in [9.17, 15) is 29.1 Å². The van der Waals surface area contributed by atoms with E-state index in [1.165, 1.54) is 24.3 Å². The van der Waals surface area contributed by atoms with Crippen LogP contribution in [0.1, 0.15) is 27.7 Å². The van der Waals surface area contributed by atoms with Crippen LogP contribution in [0.15, 0.2) is 39.5 Å². The molecular weight excluding hydrogens is 452 g/mol. The largest absolute Gasteiger partial charge is 0.504 e. The standard InChI is InChI=1S/C23H18O11/c1-10(24)30-15-8-18(32-12(3)26)20-19(9-15)34-22(23(21(20)29)33-13(4)27)14-5-6-16(28)17(7-14)31-11(2)25/h5-9,28H,1-4H3. The SMILES string of the molecule is CC(=O)Oc1cc(OC(C)=O)c2c(=O)c(OC(C)=O)c(-c3ccc(O)c(OC(C)=O)c3)oc2c1. The van der Waals surface area contributed by atoms with Crippen molar-refractivity contribution in [3.8, 4) is 40.1 Å². The predicted molar refractivity (Wildman–Crippen MR) is 115 cm³/mol. The zero-order valence-electron chi connectivity index (χ0n) is 18.4. The highest BCUT2D eigenvalue weighted by atomic mass is 16.6. The summed E-state index contributed by atoms with van der Waals surface area (Å²) in [6.45, 7) is 4.43. The maximum atomic E-state index is 13.4. The Morgan fingerprint density at radius 2 is 1.35 bits per heavy atom. The molecule has 0 saturated heterocycles. The number of carbonyl (C=O) groups excluding carboxylic acids is 4. The van der Waals surface area contributed by atoms with Crippen molar-refractivity contribution < 1.29 is 47.6 Å². The minimum atomic E-state index is -0.876. The molecule has 11 nitrogen and oxygen atoms in total. The molecule has 34 heavy (non-hydrogen) atoms. The van der Waals surface area contributed by atoms with Crippen molar-refractivity contribution in [2.45, 2.75) is 27.7 Å². The van der Waals surface area contributed by atoms with E-state index in [1.807, 2.05) is 0 Å². The lowest BCUT2D eigenvalue weighted by Gasteiger charge is -2.14. The molecule has 0 radical (unpaired) electrons. The van der Waals surface area contributed by atoms with Gasteiger partial charge in [0, 0.05) is 45.4 Å². The predicted octanol–water partition coefficient (Wildman–Crippen LogP) is 2.87. The average Bonchev–Trinajstić information content (AvgIpc) is 2.69. The molecule has 1 aromatic heterocycles. The summed E-state index contributed by atoms with van der Waals surface area (Å²) in [7, 11) is 0. The number of phenolic OH excluding ortho intramolecular Hbond substituents is 1. The minimum Gasteiger partial charge on any atom is -0.504 e. The van der Waals surface area contributed by atoms with Gasteiger partial charge in [-0.15, -0.1) is 0 Å². The third-order valence-electron chi connectivity index (χ3n) is 4.13. The van der Waals surface area contributed by atoms with Gasteiger partial charge in [0.15, 0.2) is 17.3 Å². The lowest BCUT2D eigenvalue weighted by molar-refractivity contribution is -0.133. The zero-order valence-corrected chi connectivity index (χ0v) is 18.4. The van der Waals surface area contributed by atoms with Crippen LogP contribution in [-0.2, 0) is 19.2 Å². The Kier molecular flexibility index (Phi) is 6.66. The number of phenols is 1. The molecule has 0 unspecified atom stereocenters. The van der Waals surface area contributed by atoms with Gasteiger partial charge in [-0.05, 0) is 18.2 Å². The quantitative estimate of drug-likeness (QED) is 0.432. The third-order valence-corrected chi connectivity index (χ3v) is 4.13. The second-order valence-corrected chi connectivity index (χ2v) is 6.94. The van der Waals surface area contributed by atoms with Gasteiger partial charge in [0.05, 0.1) is 0 Å². The highest BCUT2D eigenvalue weighted by Crippen LogP contribution is 2.39. The van der Waals surface area contributed by atoms with E-state index in [4.69, 9.17) is 23.4 Å². The highest BCUT2D eigenvalue weighted by molar-refractivity contribution is 5.92. The first-order chi connectivity index (χ1) is 16.0. The highest BCUT2D eigenvalue weighted by Gasteiger charge is 2.24. The summed E-state index contributed by atoms with van der Waals surface area (Å²) in [5.41, 5.74) is -0.955. The van der Waals surface area contributed by atoms with Crippen LogP contribution in [0.25, 0.3) is 22.3 Å². The summed E-state index contributed by atoms with van der Waals surface area (Å²) in [6, 6.07) is 6.03. The summed E-state index contributed by atoms with van der Waals surface area (Å²) < 4.78 is 26.0. The molecule has 11 heteroatoms. The molecule has 0 amide bonds. The Bertz CT molecular complexity index is 1400. The minimum absolute atomic E-state index is 0.0862. The fraction of sp³-hybridized carbons (Fsp3) is 0.174. The number of hydrogen-bond acceptors (Lipinski definition) is 11. The molecule has 0 fully saturated rings. The van der Waals surface area contributed by atoms with Gasteiger partial charge < -0.3 is 28.5 Å². The summed E-state index contributed by atoms with van der Waals surface area (Å²) >= 11 is 0. The Morgan fingerprint density at radius 3 is 1.94 bits per heavy atom. The van der Waals surface area contributed by atoms with Gasteiger partial charge in [0.2, 0.25) is 11.2 Å². The molecule has 0 bridgehead atoms.